The normalized spacial score (nSPS) is 21.2. The highest BCUT2D eigenvalue weighted by Gasteiger charge is 2.47. The zero-order valence-electron chi connectivity index (χ0n) is 19.3. The van der Waals surface area contributed by atoms with E-state index in [0.717, 1.165) is 50.3 Å². The van der Waals surface area contributed by atoms with Gasteiger partial charge in [-0.05, 0) is 54.2 Å². The molecule has 2 radical (unpaired) electrons. The Hall–Kier alpha value is -3.92. The summed E-state index contributed by atoms with van der Waals surface area (Å²) < 4.78 is 2.23. The molecule has 0 atom stereocenters. The Balaban J connectivity index is 1.51. The molecule has 3 nitrogen and oxygen atoms in total. The smallest absolute Gasteiger partial charge is 0.235 e. The summed E-state index contributed by atoms with van der Waals surface area (Å²) in [5.41, 5.74) is 5.13. The molecule has 0 saturated heterocycles. The maximum absolute atomic E-state index is 6.28. The Morgan fingerprint density at radius 1 is 0.800 bits per heavy atom. The van der Waals surface area contributed by atoms with Crippen molar-refractivity contribution in [3.8, 4) is 5.95 Å². The van der Waals surface area contributed by atoms with Gasteiger partial charge in [-0.2, -0.15) is 0 Å². The first-order valence-electron chi connectivity index (χ1n) is 12.4. The van der Waals surface area contributed by atoms with Crippen LogP contribution in [0.25, 0.3) is 49.4 Å². The van der Waals surface area contributed by atoms with E-state index in [9.17, 15) is 0 Å². The first-order valence-corrected chi connectivity index (χ1v) is 12.4. The Morgan fingerprint density at radius 2 is 1.60 bits per heavy atom. The Kier molecular flexibility index (Phi) is 3.78. The summed E-state index contributed by atoms with van der Waals surface area (Å²) in [6.07, 6.45) is 8.31. The van der Waals surface area contributed by atoms with Crippen LogP contribution in [0.5, 0.6) is 0 Å². The molecule has 0 N–H and O–H groups in total. The van der Waals surface area contributed by atoms with Gasteiger partial charge in [0, 0.05) is 21.6 Å². The summed E-state index contributed by atoms with van der Waals surface area (Å²) in [4.78, 5) is 10.5. The van der Waals surface area contributed by atoms with Crippen LogP contribution in [0.2, 0.25) is 0 Å². The van der Waals surface area contributed by atoms with E-state index in [4.69, 9.17) is 17.8 Å². The molecule has 3 aliphatic carbocycles. The number of allylic oxidation sites excluding steroid dienone is 2. The number of hydrogen-bond donors (Lipinski definition) is 0. The summed E-state index contributed by atoms with van der Waals surface area (Å²) in [5, 5.41) is 5.93. The van der Waals surface area contributed by atoms with Crippen LogP contribution in [0.1, 0.15) is 25.0 Å². The van der Waals surface area contributed by atoms with Crippen molar-refractivity contribution in [1.29, 1.82) is 0 Å². The molecule has 2 heterocycles. The third-order valence-electron chi connectivity index (χ3n) is 8.15. The predicted molar refractivity (Wildman–Crippen MR) is 145 cm³/mol. The SMILES string of the molecule is [B]c1ccc2c(c1)c1c3ccccc3ccc1n2-c1nc(C23C=CCC(C2)C3)c2ccccc2n1. The second kappa shape index (κ2) is 6.82. The van der Waals surface area contributed by atoms with E-state index in [0.29, 0.717) is 0 Å². The predicted octanol–water partition coefficient (Wildman–Crippen LogP) is 6.28. The van der Waals surface area contributed by atoms with Gasteiger partial charge in [-0.15, -0.1) is 0 Å². The lowest BCUT2D eigenvalue weighted by atomic mass is 9.56. The highest BCUT2D eigenvalue weighted by atomic mass is 15.2. The molecule has 2 aromatic heterocycles. The van der Waals surface area contributed by atoms with Crippen molar-refractivity contribution in [2.75, 3.05) is 0 Å². The van der Waals surface area contributed by atoms with Gasteiger partial charge in [0.2, 0.25) is 5.95 Å². The fraction of sp³-hybridized carbons (Fsp3) is 0.161. The number of hydrogen-bond acceptors (Lipinski definition) is 2. The van der Waals surface area contributed by atoms with Gasteiger partial charge in [0.15, 0.2) is 0 Å². The minimum Gasteiger partial charge on any atom is -0.278 e. The van der Waals surface area contributed by atoms with Crippen LogP contribution in [-0.4, -0.2) is 22.4 Å². The van der Waals surface area contributed by atoms with Gasteiger partial charge in [0.1, 0.15) is 7.85 Å². The van der Waals surface area contributed by atoms with Crippen molar-refractivity contribution in [2.45, 2.75) is 24.7 Å². The average Bonchev–Trinajstić information content (AvgIpc) is 3.22. The van der Waals surface area contributed by atoms with Crippen LogP contribution < -0.4 is 5.46 Å². The Labute approximate surface area is 204 Å². The molecule has 0 spiro atoms. The third-order valence-corrected chi connectivity index (χ3v) is 8.15. The molecule has 0 aliphatic heterocycles. The maximum atomic E-state index is 6.28. The molecule has 164 valence electrons. The van der Waals surface area contributed by atoms with Gasteiger partial charge in [0.05, 0.1) is 22.2 Å². The molecule has 0 unspecified atom stereocenters. The molecule has 35 heavy (non-hydrogen) atoms. The summed E-state index contributed by atoms with van der Waals surface area (Å²) >= 11 is 0. The van der Waals surface area contributed by atoms with E-state index < -0.39 is 0 Å². The summed E-state index contributed by atoms with van der Waals surface area (Å²) in [6, 6.07) is 27.6. The minimum atomic E-state index is 0.0239. The quantitative estimate of drug-likeness (QED) is 0.231. The lowest BCUT2D eigenvalue weighted by Gasteiger charge is -2.48. The second-order valence-corrected chi connectivity index (χ2v) is 10.3. The largest absolute Gasteiger partial charge is 0.278 e. The second-order valence-electron chi connectivity index (χ2n) is 10.3. The van der Waals surface area contributed by atoms with Crippen LogP contribution in [0, 0.1) is 5.92 Å². The fourth-order valence-electron chi connectivity index (χ4n) is 6.60. The topological polar surface area (TPSA) is 30.7 Å². The van der Waals surface area contributed by atoms with E-state index in [1.165, 1.54) is 35.4 Å². The minimum absolute atomic E-state index is 0.0239. The van der Waals surface area contributed by atoms with Crippen molar-refractivity contribution in [3.63, 3.8) is 0 Å². The first kappa shape index (κ1) is 19.4. The molecule has 1 saturated carbocycles. The van der Waals surface area contributed by atoms with Crippen molar-refractivity contribution in [1.82, 2.24) is 14.5 Å². The highest BCUT2D eigenvalue weighted by Crippen LogP contribution is 2.54. The number of nitrogens with zero attached hydrogens (tertiary/aromatic N) is 3. The number of benzene rings is 4. The Bertz CT molecular complexity index is 1860. The van der Waals surface area contributed by atoms with Gasteiger partial charge in [0.25, 0.3) is 0 Å². The van der Waals surface area contributed by atoms with Gasteiger partial charge >= 0.3 is 0 Å². The van der Waals surface area contributed by atoms with Gasteiger partial charge in [-0.3, -0.25) is 4.57 Å². The van der Waals surface area contributed by atoms with Gasteiger partial charge in [-0.1, -0.05) is 78.3 Å². The highest BCUT2D eigenvalue weighted by molar-refractivity contribution is 6.34. The summed E-state index contributed by atoms with van der Waals surface area (Å²) in [6.45, 7) is 0. The summed E-state index contributed by atoms with van der Waals surface area (Å²) in [5.74, 6) is 1.51. The molecular weight excluding hydrogens is 425 g/mol. The molecule has 6 aromatic rings. The first-order chi connectivity index (χ1) is 17.2. The standard InChI is InChI=1S/C31H22BN3/c32-21-12-14-26-24(16-21)28-22-8-2-1-7-20(22)11-13-27(28)35(26)30-33-25-10-4-3-9-23(25)29(34-30)31-15-5-6-19(17-31)18-31/h1-5,7-16,19H,6,17-18H2. The molecule has 1 fully saturated rings. The molecule has 2 bridgehead atoms. The van der Waals surface area contributed by atoms with Crippen LogP contribution in [0.4, 0.5) is 0 Å². The molecule has 0 amide bonds. The van der Waals surface area contributed by atoms with Crippen LogP contribution in [0.3, 0.4) is 0 Å². The Morgan fingerprint density at radius 3 is 2.46 bits per heavy atom. The molecule has 3 aliphatic rings. The van der Waals surface area contributed by atoms with Crippen molar-refractivity contribution < 1.29 is 0 Å². The number of rotatable bonds is 2. The molecular formula is C31H22BN3. The maximum Gasteiger partial charge on any atom is 0.235 e. The van der Waals surface area contributed by atoms with E-state index >= 15 is 0 Å². The van der Waals surface area contributed by atoms with Crippen molar-refractivity contribution >= 4 is 56.8 Å². The van der Waals surface area contributed by atoms with E-state index in [1.807, 2.05) is 6.07 Å². The van der Waals surface area contributed by atoms with Gasteiger partial charge in [-0.25, -0.2) is 9.97 Å². The van der Waals surface area contributed by atoms with E-state index in [1.54, 1.807) is 0 Å². The zero-order valence-corrected chi connectivity index (χ0v) is 19.3. The molecule has 4 heteroatoms. The number of fused-ring (bicyclic) bond motifs is 7. The third kappa shape index (κ3) is 2.62. The zero-order chi connectivity index (χ0) is 23.1. The lowest BCUT2D eigenvalue weighted by Crippen LogP contribution is -2.43. The van der Waals surface area contributed by atoms with E-state index in [-0.39, 0.29) is 5.41 Å². The fourth-order valence-corrected chi connectivity index (χ4v) is 6.60. The molecule has 4 aromatic carbocycles. The lowest BCUT2D eigenvalue weighted by molar-refractivity contribution is 0.173. The van der Waals surface area contributed by atoms with Crippen LogP contribution >= 0.6 is 0 Å². The van der Waals surface area contributed by atoms with Gasteiger partial charge < -0.3 is 0 Å². The van der Waals surface area contributed by atoms with Crippen LogP contribution in [0.15, 0.2) is 91.0 Å². The number of para-hydroxylation sites is 1. The molecule has 9 rings (SSSR count). The number of aromatic nitrogens is 3. The monoisotopic (exact) mass is 447 g/mol. The van der Waals surface area contributed by atoms with Crippen LogP contribution in [-0.2, 0) is 5.41 Å². The van der Waals surface area contributed by atoms with E-state index in [2.05, 4.69) is 89.5 Å². The van der Waals surface area contributed by atoms with Crippen molar-refractivity contribution in [2.24, 2.45) is 5.92 Å². The van der Waals surface area contributed by atoms with Crippen molar-refractivity contribution in [3.05, 3.63) is 96.7 Å². The average molecular weight is 447 g/mol. The summed E-state index contributed by atoms with van der Waals surface area (Å²) in [7, 11) is 6.28.